The minimum absolute atomic E-state index is 0.00405. The number of methoxy groups -OCH3 is 1. The van der Waals surface area contributed by atoms with Crippen molar-refractivity contribution < 1.29 is 9.53 Å². The summed E-state index contributed by atoms with van der Waals surface area (Å²) < 4.78 is 8.82. The number of carbonyl (C=O) groups excluding carboxylic acids is 1. The number of piperidine rings is 1. The highest BCUT2D eigenvalue weighted by Gasteiger charge is 2.37. The minimum Gasteiger partial charge on any atom is -0.481 e. The number of aryl methyl sites for hydroxylation is 1. The fourth-order valence-electron chi connectivity index (χ4n) is 4.72. The Morgan fingerprint density at radius 2 is 2.00 bits per heavy atom. The molecular formula is C22H23N5O3. The van der Waals surface area contributed by atoms with Gasteiger partial charge in [-0.1, -0.05) is 0 Å². The Morgan fingerprint density at radius 3 is 2.70 bits per heavy atom. The molecule has 0 spiro atoms. The molecule has 2 bridgehead atoms. The molecule has 0 N–H and O–H groups in total. The quantitative estimate of drug-likeness (QED) is 0.665. The number of pyridine rings is 2. The normalized spacial score (nSPS) is 20.0. The maximum absolute atomic E-state index is 13.2. The van der Waals surface area contributed by atoms with Gasteiger partial charge in [0.1, 0.15) is 5.82 Å². The summed E-state index contributed by atoms with van der Waals surface area (Å²) in [6, 6.07) is 7.34. The van der Waals surface area contributed by atoms with E-state index in [1.807, 2.05) is 39.4 Å². The number of amides is 1. The van der Waals surface area contributed by atoms with Crippen LogP contribution >= 0.6 is 0 Å². The van der Waals surface area contributed by atoms with Gasteiger partial charge in [0, 0.05) is 63.0 Å². The van der Waals surface area contributed by atoms with Crippen LogP contribution < -0.4 is 10.3 Å². The Balaban J connectivity index is 1.44. The van der Waals surface area contributed by atoms with Gasteiger partial charge < -0.3 is 18.8 Å². The first kappa shape index (κ1) is 18.6. The smallest absolute Gasteiger partial charge is 0.261 e. The zero-order valence-electron chi connectivity index (χ0n) is 17.0. The predicted octanol–water partition coefficient (Wildman–Crippen LogP) is 1.91. The second-order valence-electron chi connectivity index (χ2n) is 8.05. The largest absolute Gasteiger partial charge is 0.481 e. The lowest BCUT2D eigenvalue weighted by Crippen LogP contribution is -2.49. The number of aromatic nitrogens is 4. The number of nitrogens with zero attached hydrogens (tertiary/aromatic N) is 5. The number of ether oxygens (including phenoxy) is 1. The molecule has 8 nitrogen and oxygen atoms in total. The van der Waals surface area contributed by atoms with Gasteiger partial charge in [-0.15, -0.1) is 0 Å². The molecule has 2 aliphatic rings. The lowest BCUT2D eigenvalue weighted by atomic mass is 9.82. The van der Waals surface area contributed by atoms with Crippen molar-refractivity contribution in [3.8, 4) is 17.3 Å². The van der Waals surface area contributed by atoms with Crippen LogP contribution in [0.15, 0.2) is 47.7 Å². The highest BCUT2D eigenvalue weighted by atomic mass is 16.5. The summed E-state index contributed by atoms with van der Waals surface area (Å²) in [6.45, 7) is 1.86. The Labute approximate surface area is 173 Å². The van der Waals surface area contributed by atoms with E-state index in [0.29, 0.717) is 42.5 Å². The highest BCUT2D eigenvalue weighted by Crippen LogP contribution is 2.36. The van der Waals surface area contributed by atoms with E-state index in [9.17, 15) is 9.59 Å². The molecule has 0 radical (unpaired) electrons. The van der Waals surface area contributed by atoms with Crippen LogP contribution in [0, 0.1) is 5.92 Å². The first-order chi connectivity index (χ1) is 14.5. The molecular weight excluding hydrogens is 382 g/mol. The van der Waals surface area contributed by atoms with Crippen LogP contribution in [0.5, 0.6) is 5.88 Å². The summed E-state index contributed by atoms with van der Waals surface area (Å²) in [7, 11) is 3.44. The van der Waals surface area contributed by atoms with Gasteiger partial charge in [-0.25, -0.2) is 9.97 Å². The maximum Gasteiger partial charge on any atom is 0.261 e. The average Bonchev–Trinajstić information content (AvgIpc) is 3.19. The van der Waals surface area contributed by atoms with Crippen LogP contribution in [0.2, 0.25) is 0 Å². The molecule has 5 heterocycles. The van der Waals surface area contributed by atoms with Crippen LogP contribution in [0.1, 0.15) is 28.4 Å². The van der Waals surface area contributed by atoms with E-state index < -0.39 is 0 Å². The third-order valence-electron chi connectivity index (χ3n) is 6.15. The van der Waals surface area contributed by atoms with Gasteiger partial charge in [0.05, 0.1) is 18.2 Å². The topological polar surface area (TPSA) is 82.3 Å². The van der Waals surface area contributed by atoms with Crippen molar-refractivity contribution in [1.29, 1.82) is 0 Å². The summed E-state index contributed by atoms with van der Waals surface area (Å²) in [4.78, 5) is 36.6. The van der Waals surface area contributed by atoms with Gasteiger partial charge in [0.25, 0.3) is 11.5 Å². The van der Waals surface area contributed by atoms with Crippen molar-refractivity contribution in [1.82, 2.24) is 24.0 Å². The van der Waals surface area contributed by atoms with Crippen LogP contribution in [0.25, 0.3) is 11.4 Å². The van der Waals surface area contributed by atoms with Gasteiger partial charge in [0.15, 0.2) is 0 Å². The van der Waals surface area contributed by atoms with Gasteiger partial charge in [-0.05, 0) is 30.5 Å². The Kier molecular flexibility index (Phi) is 4.42. The van der Waals surface area contributed by atoms with Crippen LogP contribution in [-0.2, 0) is 13.6 Å². The Morgan fingerprint density at radius 1 is 1.13 bits per heavy atom. The fraction of sp³-hybridized carbons (Fsp3) is 0.364. The molecule has 0 aromatic carbocycles. The van der Waals surface area contributed by atoms with Crippen molar-refractivity contribution in [2.24, 2.45) is 13.0 Å². The number of carbonyl (C=O) groups is 1. The molecule has 3 aromatic rings. The van der Waals surface area contributed by atoms with E-state index in [0.717, 1.165) is 12.1 Å². The number of hydrogen-bond acceptors (Lipinski definition) is 5. The Hall–Kier alpha value is -3.42. The van der Waals surface area contributed by atoms with E-state index in [1.54, 1.807) is 31.6 Å². The molecule has 30 heavy (non-hydrogen) atoms. The standard InChI is InChI=1S/C22H23N5O3/c1-25-8-7-23-20(25)17-4-5-18-16-9-14(12-27(18)22(17)29)11-26(13-16)21(28)15-3-6-19(30-2)24-10-15/h3-8,10,14,16H,9,11-13H2,1-2H3/t14-,16+/m0/s1. The van der Waals surface area contributed by atoms with E-state index in [-0.39, 0.29) is 23.3 Å². The molecule has 1 fully saturated rings. The number of hydrogen-bond donors (Lipinski definition) is 0. The summed E-state index contributed by atoms with van der Waals surface area (Å²) in [5.74, 6) is 1.53. The van der Waals surface area contributed by atoms with Crippen molar-refractivity contribution in [2.45, 2.75) is 18.9 Å². The summed E-state index contributed by atoms with van der Waals surface area (Å²) in [6.07, 6.45) is 6.09. The fourth-order valence-corrected chi connectivity index (χ4v) is 4.72. The second kappa shape index (κ2) is 7.12. The third-order valence-corrected chi connectivity index (χ3v) is 6.15. The summed E-state index contributed by atoms with van der Waals surface area (Å²) >= 11 is 0. The van der Waals surface area contributed by atoms with Crippen LogP contribution in [0.4, 0.5) is 0 Å². The zero-order chi connectivity index (χ0) is 20.8. The minimum atomic E-state index is -0.0275. The first-order valence-electron chi connectivity index (χ1n) is 10.1. The summed E-state index contributed by atoms with van der Waals surface area (Å²) in [5.41, 5.74) is 2.16. The second-order valence-corrected chi connectivity index (χ2v) is 8.05. The maximum atomic E-state index is 13.2. The van der Waals surface area contributed by atoms with Crippen molar-refractivity contribution in [3.05, 3.63) is 64.5 Å². The number of likely N-dealkylation sites (tertiary alicyclic amines) is 1. The molecule has 0 aliphatic carbocycles. The molecule has 2 atom stereocenters. The van der Waals surface area contributed by atoms with Crippen LogP contribution in [-0.4, -0.2) is 50.1 Å². The lowest BCUT2D eigenvalue weighted by Gasteiger charge is -2.42. The SMILES string of the molecule is COc1ccc(C(=O)N2C[C@@H]3C[C@H](C2)c2ccc(-c4nccn4C)c(=O)n2C3)cn1. The van der Waals surface area contributed by atoms with E-state index >= 15 is 0 Å². The molecule has 2 aliphatic heterocycles. The Bertz CT molecular complexity index is 1160. The van der Waals surface area contributed by atoms with Crippen LogP contribution in [0.3, 0.4) is 0 Å². The van der Waals surface area contributed by atoms with Crippen molar-refractivity contribution in [3.63, 3.8) is 0 Å². The first-order valence-corrected chi connectivity index (χ1v) is 10.1. The van der Waals surface area contributed by atoms with Crippen molar-refractivity contribution in [2.75, 3.05) is 20.2 Å². The average molecular weight is 405 g/mol. The number of imidazole rings is 1. The molecule has 0 saturated carbocycles. The van der Waals surface area contributed by atoms with Gasteiger partial charge >= 0.3 is 0 Å². The van der Waals surface area contributed by atoms with Gasteiger partial charge in [-0.3, -0.25) is 9.59 Å². The van der Waals surface area contributed by atoms with E-state index in [2.05, 4.69) is 9.97 Å². The van der Waals surface area contributed by atoms with E-state index in [4.69, 9.17) is 4.74 Å². The monoisotopic (exact) mass is 405 g/mol. The highest BCUT2D eigenvalue weighted by molar-refractivity contribution is 5.94. The van der Waals surface area contributed by atoms with Crippen molar-refractivity contribution >= 4 is 5.91 Å². The molecule has 0 unspecified atom stereocenters. The number of rotatable bonds is 3. The number of fused-ring (bicyclic) bond motifs is 4. The predicted molar refractivity (Wildman–Crippen MR) is 110 cm³/mol. The summed E-state index contributed by atoms with van der Waals surface area (Å²) in [5, 5.41) is 0. The van der Waals surface area contributed by atoms with Gasteiger partial charge in [-0.2, -0.15) is 0 Å². The molecule has 5 rings (SSSR count). The third kappa shape index (κ3) is 2.99. The molecule has 3 aromatic heterocycles. The molecule has 154 valence electrons. The molecule has 8 heteroatoms. The lowest BCUT2D eigenvalue weighted by molar-refractivity contribution is 0.0594. The molecule has 1 amide bonds. The zero-order valence-corrected chi connectivity index (χ0v) is 17.0. The van der Waals surface area contributed by atoms with E-state index in [1.165, 1.54) is 0 Å². The molecule has 1 saturated heterocycles. The van der Waals surface area contributed by atoms with Gasteiger partial charge in [0.2, 0.25) is 5.88 Å².